The molecule has 0 aliphatic heterocycles. The third-order valence-electron chi connectivity index (χ3n) is 10.9. The van der Waals surface area contributed by atoms with Crippen LogP contribution >= 0.6 is 0 Å². The lowest BCUT2D eigenvalue weighted by molar-refractivity contribution is 0.996. The van der Waals surface area contributed by atoms with Crippen LogP contribution in [0.3, 0.4) is 0 Å². The van der Waals surface area contributed by atoms with Crippen LogP contribution in [0.5, 0.6) is 0 Å². The van der Waals surface area contributed by atoms with Crippen molar-refractivity contribution in [2.24, 2.45) is 0 Å². The Morgan fingerprint density at radius 1 is 0.268 bits per heavy atom. The van der Waals surface area contributed by atoms with Gasteiger partial charge in [0.1, 0.15) is 0 Å². The lowest BCUT2D eigenvalue weighted by atomic mass is 10.0. The maximum Gasteiger partial charge on any atom is 0.235 e. The zero-order chi connectivity index (χ0) is 37.0. The molecule has 0 N–H and O–H groups in total. The van der Waals surface area contributed by atoms with Crippen molar-refractivity contribution in [3.8, 4) is 56.4 Å². The molecule has 8 aromatic carbocycles. The second-order valence-corrected chi connectivity index (χ2v) is 14.3. The van der Waals surface area contributed by atoms with Gasteiger partial charge in [-0.25, -0.2) is 9.97 Å². The van der Waals surface area contributed by atoms with Gasteiger partial charge in [0.15, 0.2) is 0 Å². The van der Waals surface area contributed by atoms with Crippen LogP contribution in [0.1, 0.15) is 0 Å². The zero-order valence-corrected chi connectivity index (χ0v) is 30.4. The van der Waals surface area contributed by atoms with Gasteiger partial charge in [-0.2, -0.15) is 0 Å². The molecule has 56 heavy (non-hydrogen) atoms. The van der Waals surface area contributed by atoms with E-state index in [0.717, 1.165) is 55.7 Å². The van der Waals surface area contributed by atoms with E-state index in [0.29, 0.717) is 5.95 Å². The Morgan fingerprint density at radius 3 is 1.43 bits per heavy atom. The molecular formula is C52H34N4. The zero-order valence-electron chi connectivity index (χ0n) is 30.4. The minimum absolute atomic E-state index is 0.643. The fourth-order valence-electron chi connectivity index (χ4n) is 8.30. The fourth-order valence-corrected chi connectivity index (χ4v) is 8.30. The summed E-state index contributed by atoms with van der Waals surface area (Å²) in [5, 5.41) is 4.77. The standard InChI is InChI=1S/C52H34N4/c1-4-15-35(16-5-1)38-21-14-22-41(31-38)55-48-25-12-11-24-43(48)45-32-39(28-30-50(45)55)40-27-29-44-42-23-10-13-26-49(42)56(51(44)33-40)52-53-46(36-17-6-2-7-18-36)34-47(54-52)37-19-8-3-9-20-37/h1-34H. The molecule has 0 bridgehead atoms. The van der Waals surface area contributed by atoms with Gasteiger partial charge < -0.3 is 4.57 Å². The van der Waals surface area contributed by atoms with Gasteiger partial charge in [-0.05, 0) is 70.8 Å². The Bertz CT molecular complexity index is 3170. The lowest BCUT2D eigenvalue weighted by Gasteiger charge is -2.12. The number of hydrogen-bond donors (Lipinski definition) is 0. The highest BCUT2D eigenvalue weighted by Gasteiger charge is 2.19. The van der Waals surface area contributed by atoms with Crippen molar-refractivity contribution >= 4 is 43.6 Å². The third-order valence-corrected chi connectivity index (χ3v) is 10.9. The van der Waals surface area contributed by atoms with Crippen LogP contribution in [0.15, 0.2) is 206 Å². The van der Waals surface area contributed by atoms with Gasteiger partial charge in [-0.3, -0.25) is 4.57 Å². The first-order chi connectivity index (χ1) is 27.8. The van der Waals surface area contributed by atoms with Gasteiger partial charge in [0.05, 0.1) is 33.5 Å². The van der Waals surface area contributed by atoms with Crippen molar-refractivity contribution in [3.05, 3.63) is 206 Å². The number of rotatable bonds is 6. The molecule has 0 saturated heterocycles. The third kappa shape index (κ3) is 5.31. The number of aromatic nitrogens is 4. The summed E-state index contributed by atoms with van der Waals surface area (Å²) in [5.74, 6) is 0.643. The van der Waals surface area contributed by atoms with Gasteiger partial charge in [-0.15, -0.1) is 0 Å². The molecule has 0 aliphatic rings. The van der Waals surface area contributed by atoms with Crippen molar-refractivity contribution in [3.63, 3.8) is 0 Å². The minimum Gasteiger partial charge on any atom is -0.309 e. The van der Waals surface area contributed by atoms with Crippen LogP contribution in [-0.4, -0.2) is 19.1 Å². The smallest absolute Gasteiger partial charge is 0.235 e. The molecule has 262 valence electrons. The molecule has 0 unspecified atom stereocenters. The predicted octanol–water partition coefficient (Wildman–Crippen LogP) is 13.3. The van der Waals surface area contributed by atoms with E-state index in [1.54, 1.807) is 0 Å². The van der Waals surface area contributed by atoms with E-state index in [1.165, 1.54) is 38.3 Å². The summed E-state index contributed by atoms with van der Waals surface area (Å²) in [5.41, 5.74) is 14.2. The Hall–Kier alpha value is -7.56. The van der Waals surface area contributed by atoms with E-state index < -0.39 is 0 Å². The minimum atomic E-state index is 0.643. The van der Waals surface area contributed by atoms with Crippen LogP contribution in [0.25, 0.3) is 100 Å². The summed E-state index contributed by atoms with van der Waals surface area (Å²) in [7, 11) is 0. The van der Waals surface area contributed by atoms with Gasteiger partial charge in [0.2, 0.25) is 5.95 Å². The Balaban J connectivity index is 1.10. The van der Waals surface area contributed by atoms with E-state index in [9.17, 15) is 0 Å². The highest BCUT2D eigenvalue weighted by Crippen LogP contribution is 2.39. The first-order valence-corrected chi connectivity index (χ1v) is 19.0. The monoisotopic (exact) mass is 714 g/mol. The summed E-state index contributed by atoms with van der Waals surface area (Å²) >= 11 is 0. The number of nitrogens with zero attached hydrogens (tertiary/aromatic N) is 4. The van der Waals surface area contributed by atoms with Crippen molar-refractivity contribution < 1.29 is 0 Å². The maximum atomic E-state index is 5.26. The molecule has 0 spiro atoms. The normalized spacial score (nSPS) is 11.6. The molecule has 11 aromatic rings. The first-order valence-electron chi connectivity index (χ1n) is 19.0. The maximum absolute atomic E-state index is 5.26. The second kappa shape index (κ2) is 13.1. The molecule has 0 saturated carbocycles. The number of para-hydroxylation sites is 2. The summed E-state index contributed by atoms with van der Waals surface area (Å²) in [6.07, 6.45) is 0. The number of benzene rings is 8. The summed E-state index contributed by atoms with van der Waals surface area (Å²) in [6, 6.07) is 73.3. The number of hydrogen-bond acceptors (Lipinski definition) is 2. The second-order valence-electron chi connectivity index (χ2n) is 14.3. The van der Waals surface area contributed by atoms with Gasteiger partial charge in [0.25, 0.3) is 0 Å². The molecular weight excluding hydrogens is 681 g/mol. The molecule has 3 heterocycles. The van der Waals surface area contributed by atoms with Crippen LogP contribution in [0.4, 0.5) is 0 Å². The average molecular weight is 715 g/mol. The van der Waals surface area contributed by atoms with Gasteiger partial charge in [-0.1, -0.05) is 158 Å². The Labute approximate surface area is 324 Å². The molecule has 4 heteroatoms. The molecule has 4 nitrogen and oxygen atoms in total. The molecule has 0 aliphatic carbocycles. The molecule has 3 aromatic heterocycles. The molecule has 0 amide bonds. The van der Waals surface area contributed by atoms with Crippen LogP contribution in [0, 0.1) is 0 Å². The summed E-state index contributed by atoms with van der Waals surface area (Å²) in [4.78, 5) is 10.5. The quantitative estimate of drug-likeness (QED) is 0.172. The van der Waals surface area contributed by atoms with Gasteiger partial charge in [0, 0.05) is 38.4 Å². The average Bonchev–Trinajstić information content (AvgIpc) is 3.79. The van der Waals surface area contributed by atoms with E-state index in [4.69, 9.17) is 9.97 Å². The molecule has 0 radical (unpaired) electrons. The largest absolute Gasteiger partial charge is 0.309 e. The van der Waals surface area contributed by atoms with Gasteiger partial charge >= 0.3 is 0 Å². The van der Waals surface area contributed by atoms with Crippen LogP contribution < -0.4 is 0 Å². The molecule has 0 atom stereocenters. The van der Waals surface area contributed by atoms with Crippen molar-refractivity contribution in [2.45, 2.75) is 0 Å². The highest BCUT2D eigenvalue weighted by atomic mass is 15.2. The Morgan fingerprint density at radius 2 is 0.750 bits per heavy atom. The van der Waals surface area contributed by atoms with E-state index in [1.807, 2.05) is 12.1 Å². The molecule has 11 rings (SSSR count). The van der Waals surface area contributed by atoms with E-state index in [-0.39, 0.29) is 0 Å². The fraction of sp³-hybridized carbons (Fsp3) is 0. The predicted molar refractivity (Wildman–Crippen MR) is 232 cm³/mol. The summed E-state index contributed by atoms with van der Waals surface area (Å²) in [6.45, 7) is 0. The van der Waals surface area contributed by atoms with E-state index in [2.05, 4.69) is 203 Å². The van der Waals surface area contributed by atoms with E-state index >= 15 is 0 Å². The first kappa shape index (κ1) is 31.9. The molecule has 0 fully saturated rings. The van der Waals surface area contributed by atoms with Crippen molar-refractivity contribution in [1.29, 1.82) is 0 Å². The highest BCUT2D eigenvalue weighted by molar-refractivity contribution is 6.12. The van der Waals surface area contributed by atoms with Crippen LogP contribution in [-0.2, 0) is 0 Å². The van der Waals surface area contributed by atoms with Crippen molar-refractivity contribution in [2.75, 3.05) is 0 Å². The SMILES string of the molecule is c1ccc(-c2cccc(-n3c4ccccc4c4cc(-c5ccc6c7ccccc7n(-c7nc(-c8ccccc8)cc(-c8ccccc8)n7)c6c5)ccc43)c2)cc1. The summed E-state index contributed by atoms with van der Waals surface area (Å²) < 4.78 is 4.63. The van der Waals surface area contributed by atoms with Crippen LogP contribution in [0.2, 0.25) is 0 Å². The number of fused-ring (bicyclic) bond motifs is 6. The Kier molecular flexibility index (Phi) is 7.46. The van der Waals surface area contributed by atoms with Crippen molar-refractivity contribution in [1.82, 2.24) is 19.1 Å². The lowest BCUT2D eigenvalue weighted by Crippen LogP contribution is -2.04. The topological polar surface area (TPSA) is 35.6 Å².